The molecule has 30 heavy (non-hydrogen) atoms. The molecular weight excluding hydrogens is 379 g/mol. The topological polar surface area (TPSA) is 48.7 Å². The predicted octanol–water partition coefficient (Wildman–Crippen LogP) is 2.97. The fourth-order valence-electron chi connectivity index (χ4n) is 3.81. The summed E-state index contributed by atoms with van der Waals surface area (Å²) in [5, 5.41) is 3.47. The van der Waals surface area contributed by atoms with E-state index in [-0.39, 0.29) is 5.82 Å². The van der Waals surface area contributed by atoms with Crippen molar-refractivity contribution in [3.05, 3.63) is 84.2 Å². The van der Waals surface area contributed by atoms with Crippen LogP contribution in [0.15, 0.2) is 72.2 Å². The summed E-state index contributed by atoms with van der Waals surface area (Å²) < 4.78 is 16.1. The molecule has 1 fully saturated rings. The van der Waals surface area contributed by atoms with Crippen LogP contribution in [0.2, 0.25) is 0 Å². The van der Waals surface area contributed by atoms with E-state index in [9.17, 15) is 4.39 Å². The lowest BCUT2D eigenvalue weighted by Crippen LogP contribution is -2.52. The summed E-state index contributed by atoms with van der Waals surface area (Å²) in [6.07, 6.45) is 5.59. The number of guanidine groups is 1. The summed E-state index contributed by atoms with van der Waals surface area (Å²) >= 11 is 0. The lowest BCUT2D eigenvalue weighted by Gasteiger charge is -2.37. The van der Waals surface area contributed by atoms with E-state index in [1.165, 1.54) is 17.2 Å². The van der Waals surface area contributed by atoms with Gasteiger partial charge in [0.15, 0.2) is 5.96 Å². The first-order valence-electron chi connectivity index (χ1n) is 10.2. The molecule has 0 aliphatic carbocycles. The first-order chi connectivity index (χ1) is 14.7. The van der Waals surface area contributed by atoms with Crippen LogP contribution in [-0.4, -0.2) is 53.6 Å². The van der Waals surface area contributed by atoms with E-state index in [2.05, 4.69) is 53.9 Å². The van der Waals surface area contributed by atoms with Gasteiger partial charge in [-0.1, -0.05) is 36.4 Å². The number of imidazole rings is 1. The average Bonchev–Trinajstić information content (AvgIpc) is 3.28. The van der Waals surface area contributed by atoms with Gasteiger partial charge >= 0.3 is 0 Å². The second-order valence-corrected chi connectivity index (χ2v) is 7.38. The first-order valence-corrected chi connectivity index (χ1v) is 10.2. The second-order valence-electron chi connectivity index (χ2n) is 7.38. The Morgan fingerprint density at radius 2 is 1.87 bits per heavy atom. The largest absolute Gasteiger partial charge is 0.366 e. The minimum absolute atomic E-state index is 0.163. The molecule has 7 heteroatoms. The molecule has 1 saturated heterocycles. The van der Waals surface area contributed by atoms with Crippen LogP contribution >= 0.6 is 0 Å². The Labute approximate surface area is 176 Å². The van der Waals surface area contributed by atoms with Gasteiger partial charge in [0.1, 0.15) is 5.82 Å². The van der Waals surface area contributed by atoms with Crippen LogP contribution in [0.4, 0.5) is 10.1 Å². The molecule has 2 heterocycles. The van der Waals surface area contributed by atoms with E-state index in [0.29, 0.717) is 12.2 Å². The number of halogens is 1. The van der Waals surface area contributed by atoms with E-state index in [4.69, 9.17) is 0 Å². The molecule has 0 bridgehead atoms. The molecule has 0 amide bonds. The number of hydrogen-bond acceptors (Lipinski definition) is 3. The van der Waals surface area contributed by atoms with Gasteiger partial charge < -0.3 is 19.7 Å². The summed E-state index contributed by atoms with van der Waals surface area (Å²) in [6.45, 7) is 4.64. The molecule has 0 spiro atoms. The minimum atomic E-state index is -0.163. The van der Waals surface area contributed by atoms with E-state index in [1.807, 2.05) is 24.7 Å². The summed E-state index contributed by atoms with van der Waals surface area (Å²) in [7, 11) is 1.81. The maximum absolute atomic E-state index is 14.1. The Bertz CT molecular complexity index is 977. The van der Waals surface area contributed by atoms with Gasteiger partial charge in [-0.3, -0.25) is 4.99 Å². The number of aliphatic imine (C=N–C) groups is 1. The smallest absolute Gasteiger partial charge is 0.194 e. The Morgan fingerprint density at radius 1 is 1.07 bits per heavy atom. The molecular formula is C23H27FN6. The summed E-state index contributed by atoms with van der Waals surface area (Å²) in [5.74, 6) is 0.715. The van der Waals surface area contributed by atoms with Crippen molar-refractivity contribution in [2.75, 3.05) is 38.1 Å². The molecule has 1 aromatic heterocycles. The lowest BCUT2D eigenvalue weighted by atomic mass is 10.1. The van der Waals surface area contributed by atoms with Crippen molar-refractivity contribution in [1.29, 1.82) is 0 Å². The Morgan fingerprint density at radius 3 is 2.60 bits per heavy atom. The third-order valence-corrected chi connectivity index (χ3v) is 5.35. The first kappa shape index (κ1) is 19.9. The molecule has 0 atom stereocenters. The summed E-state index contributed by atoms with van der Waals surface area (Å²) in [6, 6.07) is 15.5. The molecule has 6 nitrogen and oxygen atoms in total. The Kier molecular flexibility index (Phi) is 6.27. The third-order valence-electron chi connectivity index (χ3n) is 5.35. The van der Waals surface area contributed by atoms with Crippen molar-refractivity contribution < 1.29 is 4.39 Å². The zero-order chi connectivity index (χ0) is 20.8. The summed E-state index contributed by atoms with van der Waals surface area (Å²) in [4.78, 5) is 12.9. The number of benzene rings is 2. The molecule has 0 radical (unpaired) electrons. The maximum atomic E-state index is 14.1. The van der Waals surface area contributed by atoms with E-state index in [0.717, 1.165) is 38.7 Å². The van der Waals surface area contributed by atoms with Gasteiger partial charge in [0, 0.05) is 58.7 Å². The van der Waals surface area contributed by atoms with E-state index < -0.39 is 0 Å². The van der Waals surface area contributed by atoms with E-state index in [1.54, 1.807) is 19.3 Å². The van der Waals surface area contributed by atoms with Gasteiger partial charge in [-0.15, -0.1) is 0 Å². The van der Waals surface area contributed by atoms with Crippen LogP contribution in [0.1, 0.15) is 11.1 Å². The highest BCUT2D eigenvalue weighted by atomic mass is 19.1. The van der Waals surface area contributed by atoms with Crippen molar-refractivity contribution in [2.45, 2.75) is 13.1 Å². The second kappa shape index (κ2) is 9.43. The number of hydrogen-bond donors (Lipinski definition) is 1. The molecule has 4 rings (SSSR count). The normalized spacial score (nSPS) is 14.8. The maximum Gasteiger partial charge on any atom is 0.194 e. The number of piperazine rings is 1. The summed E-state index contributed by atoms with van der Waals surface area (Å²) in [5.41, 5.74) is 3.12. The van der Waals surface area contributed by atoms with Crippen LogP contribution in [-0.2, 0) is 13.1 Å². The lowest BCUT2D eigenvalue weighted by molar-refractivity contribution is 0.370. The average molecular weight is 407 g/mol. The fourth-order valence-corrected chi connectivity index (χ4v) is 3.81. The number of aromatic nitrogens is 2. The number of para-hydroxylation sites is 1. The van der Waals surface area contributed by atoms with Crippen LogP contribution in [0.5, 0.6) is 0 Å². The fraction of sp³-hybridized carbons (Fsp3) is 0.304. The van der Waals surface area contributed by atoms with Crippen LogP contribution < -0.4 is 10.2 Å². The standard InChI is InChI=1S/C23H27FN6/c1-25-23(30-13-11-29(12-14-30)22-8-3-2-7-21(22)24)27-16-19-5-4-6-20(15-19)17-28-10-9-26-18-28/h2-10,15,18H,11-14,16-17H2,1H3,(H,25,27). The molecule has 1 aliphatic heterocycles. The van der Waals surface area contributed by atoms with Gasteiger partial charge in [0.05, 0.1) is 12.0 Å². The Hall–Kier alpha value is -3.35. The SMILES string of the molecule is CN=C(NCc1cccc(Cn2ccnc2)c1)N1CCN(c2ccccc2F)CC1. The van der Waals surface area contributed by atoms with Crippen molar-refractivity contribution in [1.82, 2.24) is 19.8 Å². The molecule has 156 valence electrons. The van der Waals surface area contributed by atoms with Gasteiger partial charge in [-0.05, 0) is 23.3 Å². The van der Waals surface area contributed by atoms with Gasteiger partial charge in [0.2, 0.25) is 0 Å². The van der Waals surface area contributed by atoms with Crippen LogP contribution in [0.25, 0.3) is 0 Å². The molecule has 1 N–H and O–H groups in total. The molecule has 1 aliphatic rings. The quantitative estimate of drug-likeness (QED) is 0.523. The molecule has 2 aromatic carbocycles. The number of nitrogens with one attached hydrogen (secondary N) is 1. The monoisotopic (exact) mass is 406 g/mol. The number of rotatable bonds is 5. The zero-order valence-corrected chi connectivity index (χ0v) is 17.2. The predicted molar refractivity (Wildman–Crippen MR) is 118 cm³/mol. The van der Waals surface area contributed by atoms with Gasteiger partial charge in [-0.25, -0.2) is 9.37 Å². The van der Waals surface area contributed by atoms with E-state index >= 15 is 0 Å². The van der Waals surface area contributed by atoms with Crippen LogP contribution in [0.3, 0.4) is 0 Å². The van der Waals surface area contributed by atoms with Crippen molar-refractivity contribution >= 4 is 11.6 Å². The van der Waals surface area contributed by atoms with Crippen molar-refractivity contribution in [2.24, 2.45) is 4.99 Å². The van der Waals surface area contributed by atoms with Crippen LogP contribution in [0, 0.1) is 5.82 Å². The zero-order valence-electron chi connectivity index (χ0n) is 17.2. The number of anilines is 1. The third kappa shape index (κ3) is 4.79. The highest BCUT2D eigenvalue weighted by Crippen LogP contribution is 2.20. The number of nitrogens with zero attached hydrogens (tertiary/aromatic N) is 5. The highest BCUT2D eigenvalue weighted by Gasteiger charge is 2.21. The molecule has 3 aromatic rings. The van der Waals surface area contributed by atoms with Gasteiger partial charge in [0.25, 0.3) is 0 Å². The Balaban J connectivity index is 1.32. The highest BCUT2D eigenvalue weighted by molar-refractivity contribution is 5.80. The molecule has 0 unspecified atom stereocenters. The molecule has 0 saturated carbocycles. The van der Waals surface area contributed by atoms with Gasteiger partial charge in [-0.2, -0.15) is 0 Å². The van der Waals surface area contributed by atoms with Crippen molar-refractivity contribution in [3.63, 3.8) is 0 Å². The minimum Gasteiger partial charge on any atom is -0.366 e. The van der Waals surface area contributed by atoms with Crippen molar-refractivity contribution in [3.8, 4) is 0 Å².